The third kappa shape index (κ3) is 4.91. The molecule has 1 heterocycles. The first kappa shape index (κ1) is 30.2. The van der Waals surface area contributed by atoms with Crippen molar-refractivity contribution >= 4 is 46.1 Å². The number of rotatable bonds is 5. The molecule has 0 bridgehead atoms. The van der Waals surface area contributed by atoms with Crippen LogP contribution in [0.4, 0.5) is 27.1 Å². The highest BCUT2D eigenvalue weighted by molar-refractivity contribution is 6.25. The van der Waals surface area contributed by atoms with Crippen LogP contribution in [0.3, 0.4) is 0 Å². The Balaban J connectivity index is 1.20. The Morgan fingerprint density at radius 3 is 2.19 bits per heavy atom. The number of ketones is 2. The number of nitrogens with zero attached hydrogens (tertiary/aromatic N) is 4. The smallest absolute Gasteiger partial charge is 0.238 e. The van der Waals surface area contributed by atoms with Gasteiger partial charge in [-0.2, -0.15) is 10.2 Å². The summed E-state index contributed by atoms with van der Waals surface area (Å²) >= 11 is 0. The Hall–Kier alpha value is -5.51. The van der Waals surface area contributed by atoms with Gasteiger partial charge in [-0.25, -0.2) is 4.39 Å². The number of aromatic hydroxyl groups is 1. The molecular weight excluding hydrogens is 599 g/mol. The van der Waals surface area contributed by atoms with E-state index in [9.17, 15) is 28.7 Å². The van der Waals surface area contributed by atoms with Crippen LogP contribution in [0.2, 0.25) is 0 Å². The molecule has 1 saturated heterocycles. The summed E-state index contributed by atoms with van der Waals surface area (Å²) in [5.74, 6) is -5.93. The zero-order valence-corrected chi connectivity index (χ0v) is 26.0. The molecule has 7 rings (SSSR count). The SMILES string of the molecule is CC1=CC(=O)C2=C(C[C@@H]3C(=CC[C@@H]4C(=O)N(c5ccc(N=Nc6ccc(N(C)C)cc6)cc5)C(=O)[C@@H]43)[C@@H]2c2cccc(F)c2O)C1=O. The monoisotopic (exact) mass is 630 g/mol. The van der Waals surface area contributed by atoms with Crippen LogP contribution in [0.5, 0.6) is 5.75 Å². The largest absolute Gasteiger partial charge is 0.505 e. The van der Waals surface area contributed by atoms with Crippen LogP contribution in [-0.4, -0.2) is 42.6 Å². The number of hydrogen-bond acceptors (Lipinski definition) is 8. The lowest BCUT2D eigenvalue weighted by molar-refractivity contribution is -0.123. The third-order valence-corrected chi connectivity index (χ3v) is 9.65. The van der Waals surface area contributed by atoms with E-state index >= 15 is 0 Å². The van der Waals surface area contributed by atoms with Crippen LogP contribution < -0.4 is 9.80 Å². The summed E-state index contributed by atoms with van der Waals surface area (Å²) in [6, 6.07) is 18.3. The van der Waals surface area contributed by atoms with Gasteiger partial charge in [0.2, 0.25) is 11.8 Å². The lowest BCUT2D eigenvalue weighted by Crippen LogP contribution is -2.39. The molecule has 9 nitrogen and oxygen atoms in total. The van der Waals surface area contributed by atoms with E-state index in [1.165, 1.54) is 23.1 Å². The lowest BCUT2D eigenvalue weighted by atomic mass is 9.59. The number of carbonyl (C=O) groups is 4. The van der Waals surface area contributed by atoms with E-state index < -0.39 is 41.1 Å². The van der Waals surface area contributed by atoms with E-state index in [1.54, 1.807) is 31.2 Å². The number of Topliss-reactive ketones (excluding diaryl/α,β-unsaturated/α-hetero) is 1. The number of amides is 2. The molecule has 0 aromatic heterocycles. The predicted octanol–water partition coefficient (Wildman–Crippen LogP) is 6.65. The number of fused-ring (bicyclic) bond motifs is 3. The van der Waals surface area contributed by atoms with Crippen molar-refractivity contribution < 1.29 is 28.7 Å². The lowest BCUT2D eigenvalue weighted by Gasteiger charge is -2.42. The van der Waals surface area contributed by atoms with Crippen LogP contribution in [-0.2, 0) is 19.2 Å². The number of phenolic OH excluding ortho intramolecular Hbond substituents is 1. The number of hydrogen-bond donors (Lipinski definition) is 1. The van der Waals surface area contributed by atoms with E-state index in [1.807, 2.05) is 49.3 Å². The van der Waals surface area contributed by atoms with Gasteiger partial charge in [0.05, 0.1) is 28.9 Å². The summed E-state index contributed by atoms with van der Waals surface area (Å²) in [5, 5.41) is 19.4. The molecule has 1 N–H and O–H groups in total. The zero-order chi connectivity index (χ0) is 33.1. The molecule has 10 heteroatoms. The maximum atomic E-state index is 14.6. The molecule has 1 aliphatic heterocycles. The second kappa shape index (κ2) is 11.4. The molecule has 47 heavy (non-hydrogen) atoms. The standard InChI is InChI=1S/C37H31FN4O5/c1-19-17-30(43)33-28(34(19)44)18-27-24(31(33)25-5-4-6-29(38)35(25)45)15-16-26-32(27)37(47)42(36(26)46)23-13-9-21(10-14-23)40-39-20-7-11-22(12-8-20)41(2)3/h4-15,17,26-27,31-32,45H,16,18H2,1-3H3/t26-,27+,31+,32-/m0/s1. The van der Waals surface area contributed by atoms with Gasteiger partial charge < -0.3 is 10.0 Å². The number of phenols is 1. The van der Waals surface area contributed by atoms with E-state index in [2.05, 4.69) is 10.2 Å². The fourth-order valence-electron chi connectivity index (χ4n) is 7.36. The van der Waals surface area contributed by atoms with Gasteiger partial charge in [0.1, 0.15) is 0 Å². The molecule has 3 aromatic rings. The molecule has 3 aromatic carbocycles. The van der Waals surface area contributed by atoms with Crippen LogP contribution in [0.25, 0.3) is 0 Å². The van der Waals surface area contributed by atoms with Gasteiger partial charge in [-0.15, -0.1) is 0 Å². The van der Waals surface area contributed by atoms with Gasteiger partial charge in [-0.05, 0) is 86.4 Å². The predicted molar refractivity (Wildman–Crippen MR) is 173 cm³/mol. The highest BCUT2D eigenvalue weighted by atomic mass is 19.1. The Morgan fingerprint density at radius 2 is 1.53 bits per heavy atom. The van der Waals surface area contributed by atoms with Gasteiger partial charge in [0, 0.05) is 48.0 Å². The third-order valence-electron chi connectivity index (χ3n) is 9.65. The number of imide groups is 1. The summed E-state index contributed by atoms with van der Waals surface area (Å²) in [6.45, 7) is 1.56. The molecule has 0 spiro atoms. The van der Waals surface area contributed by atoms with Gasteiger partial charge in [0.25, 0.3) is 0 Å². The molecule has 4 aliphatic rings. The molecular formula is C37H31FN4O5. The van der Waals surface area contributed by atoms with Crippen molar-refractivity contribution in [2.24, 2.45) is 28.0 Å². The zero-order valence-electron chi connectivity index (χ0n) is 26.0. The minimum absolute atomic E-state index is 0.0897. The van der Waals surface area contributed by atoms with Gasteiger partial charge in [-0.3, -0.25) is 24.1 Å². The maximum absolute atomic E-state index is 14.6. The first-order chi connectivity index (χ1) is 22.5. The second-order valence-electron chi connectivity index (χ2n) is 12.5. The van der Waals surface area contributed by atoms with Crippen molar-refractivity contribution in [2.45, 2.75) is 25.7 Å². The highest BCUT2D eigenvalue weighted by Gasteiger charge is 2.56. The average molecular weight is 631 g/mol. The maximum Gasteiger partial charge on any atom is 0.238 e. The van der Waals surface area contributed by atoms with Crippen molar-refractivity contribution in [3.05, 3.63) is 113 Å². The second-order valence-corrected chi connectivity index (χ2v) is 12.5. The molecule has 2 amide bonds. The molecule has 236 valence electrons. The first-order valence-electron chi connectivity index (χ1n) is 15.4. The minimum Gasteiger partial charge on any atom is -0.505 e. The van der Waals surface area contributed by atoms with E-state index in [-0.39, 0.29) is 52.6 Å². The Kier molecular flexibility index (Phi) is 7.30. The quantitative estimate of drug-likeness (QED) is 0.146. The van der Waals surface area contributed by atoms with Gasteiger partial charge in [0.15, 0.2) is 23.1 Å². The van der Waals surface area contributed by atoms with Gasteiger partial charge in [-0.1, -0.05) is 23.8 Å². The Morgan fingerprint density at radius 1 is 0.872 bits per heavy atom. The summed E-state index contributed by atoms with van der Waals surface area (Å²) in [4.78, 5) is 57.9. The molecule has 0 saturated carbocycles. The molecule has 4 atom stereocenters. The summed E-state index contributed by atoms with van der Waals surface area (Å²) < 4.78 is 14.6. The van der Waals surface area contributed by atoms with Crippen molar-refractivity contribution in [3.63, 3.8) is 0 Å². The fourth-order valence-corrected chi connectivity index (χ4v) is 7.36. The molecule has 3 aliphatic carbocycles. The normalized spacial score (nSPS) is 23.9. The van der Waals surface area contributed by atoms with Crippen LogP contribution >= 0.6 is 0 Å². The summed E-state index contributed by atoms with van der Waals surface area (Å²) in [6.07, 6.45) is 3.42. The Bertz CT molecular complexity index is 1990. The number of halogens is 1. The summed E-state index contributed by atoms with van der Waals surface area (Å²) in [7, 11) is 3.91. The van der Waals surface area contributed by atoms with Crippen LogP contribution in [0.1, 0.15) is 31.2 Å². The minimum atomic E-state index is -0.929. The average Bonchev–Trinajstić information content (AvgIpc) is 3.32. The highest BCUT2D eigenvalue weighted by Crippen LogP contribution is 2.56. The number of azo groups is 1. The topological polar surface area (TPSA) is 120 Å². The summed E-state index contributed by atoms with van der Waals surface area (Å²) in [5.41, 5.74) is 4.14. The van der Waals surface area contributed by atoms with Crippen molar-refractivity contribution in [3.8, 4) is 5.75 Å². The van der Waals surface area contributed by atoms with Crippen LogP contribution in [0, 0.1) is 23.6 Å². The fraction of sp³-hybridized carbons (Fsp3) is 0.243. The van der Waals surface area contributed by atoms with E-state index in [4.69, 9.17) is 0 Å². The van der Waals surface area contributed by atoms with Crippen LogP contribution in [0.15, 0.2) is 111 Å². The number of anilines is 2. The number of benzene rings is 3. The molecule has 0 unspecified atom stereocenters. The number of allylic oxidation sites excluding steroid dienone is 6. The van der Waals surface area contributed by atoms with Crippen molar-refractivity contribution in [1.82, 2.24) is 0 Å². The van der Waals surface area contributed by atoms with E-state index in [0.29, 0.717) is 22.6 Å². The first-order valence-corrected chi connectivity index (χ1v) is 15.4. The number of para-hydroxylation sites is 1. The molecule has 1 fully saturated rings. The van der Waals surface area contributed by atoms with Crippen molar-refractivity contribution in [2.75, 3.05) is 23.9 Å². The Labute approximate surface area is 270 Å². The van der Waals surface area contributed by atoms with E-state index in [0.717, 1.165) is 11.8 Å². The molecule has 0 radical (unpaired) electrons. The van der Waals surface area contributed by atoms with Crippen molar-refractivity contribution in [1.29, 1.82) is 0 Å². The van der Waals surface area contributed by atoms with Gasteiger partial charge >= 0.3 is 0 Å². The number of carbonyl (C=O) groups excluding carboxylic acids is 4.